The topological polar surface area (TPSA) is 331 Å². The molecule has 6 aromatic rings. The molecule has 27 heteroatoms. The average Bonchev–Trinajstić information content (AvgIpc) is 3.23. The maximum atomic E-state index is 12.6. The minimum absolute atomic E-state index is 0.0571. The normalized spacial score (nSPS) is 13.4. The van der Waals surface area contributed by atoms with Crippen molar-refractivity contribution in [2.24, 2.45) is 0 Å². The summed E-state index contributed by atoms with van der Waals surface area (Å²) in [5.74, 6) is -3.19. The molecule has 1 amide bonds. The smallest absolute Gasteiger partial charge is 0.341 e. The second-order valence-electron chi connectivity index (χ2n) is 19.3. The van der Waals surface area contributed by atoms with E-state index in [1.54, 1.807) is 0 Å². The minimum Gasteiger partial charge on any atom is -0.467 e. The summed E-state index contributed by atoms with van der Waals surface area (Å²) >= 11 is 4.24. The monoisotopic (exact) mass is 1470 g/mol. The standard InChI is InChI=1S/C20H24O7S.C19H23NO7S.C19H22O7S.I2/c1-14-5-6-17(11-15(14)2)27-16-7-9-18(10-8-16)28(23,24)13-20(22,12-25-3)19(21)26-4;1-13-4-5-16(10-14(13)2)27-15-6-8-17(9-7-15)28(24,25)12-19(22,11-26-3)18(21)20-23;1-13-4-5-16(10-14(13)2)26-15-6-8-17(9-7-15)27(23,24)12-19(22,11-20)18(21)25-3;1-2/h5-11,22H,12-13H2,1-4H3;4-10,22-23H,11-12H2,1-3H3,(H,20,21);4-10,20,22H,11-12H2,1-3H3;. The maximum Gasteiger partial charge on any atom is 0.341 e. The number of amides is 1. The number of esters is 2. The lowest BCUT2D eigenvalue weighted by atomic mass is 10.1. The quantitative estimate of drug-likeness (QED) is 0.0155. The molecule has 0 aromatic heterocycles. The number of rotatable bonds is 23. The van der Waals surface area contributed by atoms with Gasteiger partial charge in [-0.05, 0) is 184 Å². The Hall–Kier alpha value is -5.84. The Balaban J connectivity index is 0.000000329. The average molecular weight is 1470 g/mol. The van der Waals surface area contributed by atoms with Crippen molar-refractivity contribution >= 4 is 84.6 Å². The number of carbonyl (C=O) groups excluding carboxylic acids is 3. The summed E-state index contributed by atoms with van der Waals surface area (Å²) in [6.45, 7) is 9.68. The third-order valence-corrected chi connectivity index (χ3v) is 18.2. The molecule has 0 aliphatic heterocycles. The van der Waals surface area contributed by atoms with Gasteiger partial charge in [0.05, 0.1) is 66.0 Å². The van der Waals surface area contributed by atoms with Crippen LogP contribution < -0.4 is 19.7 Å². The van der Waals surface area contributed by atoms with Crippen molar-refractivity contribution in [3.63, 3.8) is 0 Å². The van der Waals surface area contributed by atoms with E-state index in [2.05, 4.69) is 46.7 Å². The van der Waals surface area contributed by atoms with Crippen molar-refractivity contribution in [1.82, 2.24) is 5.48 Å². The van der Waals surface area contributed by atoms with Crippen LogP contribution in [0.5, 0.6) is 34.5 Å². The second-order valence-corrected chi connectivity index (χ2v) is 25.2. The lowest BCUT2D eigenvalue weighted by Crippen LogP contribution is -2.53. The molecule has 0 spiro atoms. The van der Waals surface area contributed by atoms with Gasteiger partial charge in [-0.25, -0.2) is 40.3 Å². The van der Waals surface area contributed by atoms with Crippen LogP contribution in [0.25, 0.3) is 0 Å². The zero-order valence-electron chi connectivity index (χ0n) is 48.1. The number of aryl methyl sites for hydroxylation is 6. The molecule has 0 aliphatic carbocycles. The number of aliphatic hydroxyl groups is 4. The molecule has 0 aliphatic rings. The zero-order chi connectivity index (χ0) is 64.1. The van der Waals surface area contributed by atoms with Gasteiger partial charge >= 0.3 is 11.9 Å². The zero-order valence-corrected chi connectivity index (χ0v) is 54.9. The van der Waals surface area contributed by atoms with Crippen LogP contribution in [-0.2, 0) is 62.8 Å². The highest BCUT2D eigenvalue weighted by Gasteiger charge is 2.44. The first-order valence-electron chi connectivity index (χ1n) is 25.1. The molecular formula is C58H69I2NO21S3. The van der Waals surface area contributed by atoms with E-state index in [1.807, 2.05) is 96.1 Å². The number of sulfone groups is 3. The molecule has 6 N–H and O–H groups in total. The molecule has 464 valence electrons. The lowest BCUT2D eigenvalue weighted by molar-refractivity contribution is -0.165. The summed E-state index contributed by atoms with van der Waals surface area (Å²) in [6.07, 6.45) is 0. The molecule has 3 unspecified atom stereocenters. The van der Waals surface area contributed by atoms with Gasteiger partial charge in [0.1, 0.15) is 34.5 Å². The molecule has 0 heterocycles. The van der Waals surface area contributed by atoms with E-state index in [4.69, 9.17) is 28.9 Å². The molecular weight excluding hydrogens is 1400 g/mol. The summed E-state index contributed by atoms with van der Waals surface area (Å²) < 4.78 is 111. The summed E-state index contributed by atoms with van der Waals surface area (Å²) in [5.41, 5.74) is 0.617. The minimum atomic E-state index is -4.05. The van der Waals surface area contributed by atoms with Crippen molar-refractivity contribution in [2.75, 3.05) is 65.5 Å². The molecule has 85 heavy (non-hydrogen) atoms. The predicted molar refractivity (Wildman–Crippen MR) is 331 cm³/mol. The van der Waals surface area contributed by atoms with Gasteiger partial charge in [0.25, 0.3) is 5.91 Å². The summed E-state index contributed by atoms with van der Waals surface area (Å²) in [6, 6.07) is 33.7. The number of hydrogen-bond acceptors (Lipinski definition) is 21. The van der Waals surface area contributed by atoms with E-state index in [0.29, 0.717) is 34.5 Å². The van der Waals surface area contributed by atoms with Gasteiger partial charge < -0.3 is 53.6 Å². The molecule has 6 rings (SSSR count). The van der Waals surface area contributed by atoms with Gasteiger partial charge in [-0.15, -0.1) is 0 Å². The van der Waals surface area contributed by atoms with Gasteiger partial charge in [0.2, 0.25) is 0 Å². The Bertz CT molecular complexity index is 3400. The van der Waals surface area contributed by atoms with Crippen LogP contribution in [0.15, 0.2) is 142 Å². The number of nitrogens with one attached hydrogen (secondary N) is 1. The van der Waals surface area contributed by atoms with Gasteiger partial charge in [-0.2, -0.15) is 0 Å². The maximum absolute atomic E-state index is 12.6. The van der Waals surface area contributed by atoms with E-state index in [-0.39, 0.29) is 14.7 Å². The molecule has 3 atom stereocenters. The predicted octanol–water partition coefficient (Wildman–Crippen LogP) is 7.71. The van der Waals surface area contributed by atoms with Crippen LogP contribution in [0.2, 0.25) is 0 Å². The van der Waals surface area contributed by atoms with Gasteiger partial charge in [-0.3, -0.25) is 10.0 Å². The Morgan fingerprint density at radius 1 is 0.424 bits per heavy atom. The Morgan fingerprint density at radius 2 is 0.682 bits per heavy atom. The van der Waals surface area contributed by atoms with E-state index in [1.165, 1.54) is 92.5 Å². The van der Waals surface area contributed by atoms with Crippen LogP contribution in [-0.4, -0.2) is 151 Å². The van der Waals surface area contributed by atoms with Crippen LogP contribution in [0.4, 0.5) is 0 Å². The number of hydroxylamine groups is 1. The van der Waals surface area contributed by atoms with Crippen molar-refractivity contribution in [3.05, 3.63) is 161 Å². The third kappa shape index (κ3) is 21.2. The van der Waals surface area contributed by atoms with E-state index in [0.717, 1.165) is 47.6 Å². The van der Waals surface area contributed by atoms with Crippen molar-refractivity contribution in [1.29, 1.82) is 0 Å². The Kier molecular flexibility index (Phi) is 28.3. The van der Waals surface area contributed by atoms with Crippen LogP contribution in [0.3, 0.4) is 0 Å². The molecule has 0 saturated carbocycles. The highest BCUT2D eigenvalue weighted by molar-refractivity contribution is 15.0. The SMILES string of the molecule is COC(=O)C(O)(CO)CS(=O)(=O)c1ccc(Oc2ccc(C)c(C)c2)cc1.COCC(O)(CS(=O)(=O)c1ccc(Oc2ccc(C)c(C)c2)cc1)C(=O)NO.COCC(O)(CS(=O)(=O)c1ccc(Oc2ccc(C)c(C)c2)cc1)C(=O)OC.II. The van der Waals surface area contributed by atoms with E-state index < -0.39 is 101 Å². The molecule has 0 radical (unpaired) electrons. The second kappa shape index (κ2) is 32.8. The number of benzene rings is 6. The van der Waals surface area contributed by atoms with E-state index >= 15 is 0 Å². The summed E-state index contributed by atoms with van der Waals surface area (Å²) in [4.78, 5) is 34.7. The first-order chi connectivity index (χ1) is 39.8. The lowest BCUT2D eigenvalue weighted by Gasteiger charge is -2.24. The van der Waals surface area contributed by atoms with Crippen molar-refractivity contribution < 1.29 is 98.4 Å². The number of carbonyl (C=O) groups is 3. The molecule has 22 nitrogen and oxygen atoms in total. The number of halogens is 2. The third-order valence-electron chi connectivity index (χ3n) is 12.7. The fraction of sp³-hybridized carbons (Fsp3) is 0.328. The van der Waals surface area contributed by atoms with Gasteiger partial charge in [-0.1, -0.05) is 18.2 Å². The fourth-order valence-electron chi connectivity index (χ4n) is 7.54. The molecule has 0 saturated heterocycles. The Labute approximate surface area is 518 Å². The summed E-state index contributed by atoms with van der Waals surface area (Å²) in [5, 5.41) is 48.7. The van der Waals surface area contributed by atoms with Crippen molar-refractivity contribution in [3.8, 4) is 34.5 Å². The van der Waals surface area contributed by atoms with Gasteiger partial charge in [0.15, 0.2) is 46.3 Å². The highest BCUT2D eigenvalue weighted by Crippen LogP contribution is 2.30. The number of ether oxygens (including phenoxy) is 7. The van der Waals surface area contributed by atoms with Crippen molar-refractivity contribution in [2.45, 2.75) is 73.0 Å². The molecule has 0 bridgehead atoms. The first-order valence-corrected chi connectivity index (χ1v) is 36.3. The van der Waals surface area contributed by atoms with Crippen LogP contribution in [0.1, 0.15) is 33.4 Å². The first kappa shape index (κ1) is 73.4. The Morgan fingerprint density at radius 3 is 0.941 bits per heavy atom. The highest BCUT2D eigenvalue weighted by atomic mass is 128. The molecule has 0 fully saturated rings. The number of hydrogen-bond donors (Lipinski definition) is 6. The fourth-order valence-corrected chi connectivity index (χ4v) is 12.2. The van der Waals surface area contributed by atoms with Crippen LogP contribution in [0, 0.1) is 41.5 Å². The largest absolute Gasteiger partial charge is 0.467 e. The van der Waals surface area contributed by atoms with Crippen LogP contribution >= 0.6 is 37.2 Å². The molecule has 6 aromatic carbocycles. The van der Waals surface area contributed by atoms with Gasteiger partial charge in [0, 0.05) is 51.5 Å². The number of aliphatic hydroxyl groups excluding tert-OH is 1. The number of methoxy groups -OCH3 is 4. The van der Waals surface area contributed by atoms with E-state index in [9.17, 15) is 60.1 Å². The summed E-state index contributed by atoms with van der Waals surface area (Å²) in [7, 11) is -7.59.